The zero-order valence-corrected chi connectivity index (χ0v) is 11.8. The number of rotatable bonds is 4. The van der Waals surface area contributed by atoms with Gasteiger partial charge in [0.2, 0.25) is 0 Å². The lowest BCUT2D eigenvalue weighted by Crippen LogP contribution is -3.12. The van der Waals surface area contributed by atoms with Crippen LogP contribution in [-0.2, 0) is 0 Å². The van der Waals surface area contributed by atoms with Crippen LogP contribution in [0.2, 0.25) is 0 Å². The average molecular weight is 310 g/mol. The van der Waals surface area contributed by atoms with E-state index in [1.54, 1.807) is 4.90 Å². The molecule has 1 aromatic carbocycles. The Morgan fingerprint density at radius 2 is 1.77 bits per heavy atom. The van der Waals surface area contributed by atoms with Gasteiger partial charge < -0.3 is 19.7 Å². The summed E-state index contributed by atoms with van der Waals surface area (Å²) >= 11 is 0. The number of hydrogen-bond donors (Lipinski definition) is 1. The van der Waals surface area contributed by atoms with Gasteiger partial charge in [0.25, 0.3) is 11.4 Å². The molecular weight excluding hydrogens is 296 g/mol. The smallest absolute Gasteiger partial charge is 0.300 e. The molecule has 0 spiro atoms. The molecule has 1 heterocycles. The zero-order valence-electron chi connectivity index (χ0n) is 11.8. The summed E-state index contributed by atoms with van der Waals surface area (Å²) in [7, 11) is 1.96. The Morgan fingerprint density at radius 3 is 2.23 bits per heavy atom. The second kappa shape index (κ2) is 5.93. The lowest BCUT2D eigenvalue weighted by molar-refractivity contribution is -0.880. The molecule has 10 nitrogen and oxygen atoms in total. The molecule has 0 unspecified atom stereocenters. The Hall–Kier alpha value is -2.75. The van der Waals surface area contributed by atoms with E-state index in [1.807, 2.05) is 7.05 Å². The molecule has 10 heteroatoms. The fourth-order valence-corrected chi connectivity index (χ4v) is 2.45. The van der Waals surface area contributed by atoms with Crippen LogP contribution < -0.4 is 14.9 Å². The number of non-ortho nitro benzene ring substituents is 1. The SMILES string of the molecule is C[NH+]1CCN(c2c(C(=O)[O-])cc([N+](=O)[O-])cc2[N+](=O)[O-])CC1. The van der Waals surface area contributed by atoms with Crippen LogP contribution in [0.5, 0.6) is 0 Å². The molecule has 1 aromatic rings. The fraction of sp³-hybridized carbons (Fsp3) is 0.417. The van der Waals surface area contributed by atoms with Crippen LogP contribution in [-0.4, -0.2) is 49.0 Å². The van der Waals surface area contributed by atoms with Crippen LogP contribution in [0.25, 0.3) is 0 Å². The molecule has 1 aliphatic heterocycles. The van der Waals surface area contributed by atoms with E-state index in [1.165, 1.54) is 4.90 Å². The molecule has 1 saturated heterocycles. The normalized spacial score (nSPS) is 15.6. The summed E-state index contributed by atoms with van der Waals surface area (Å²) in [6, 6.07) is 1.59. The molecule has 0 bridgehead atoms. The van der Waals surface area contributed by atoms with Gasteiger partial charge in [-0.1, -0.05) is 0 Å². The summed E-state index contributed by atoms with van der Waals surface area (Å²) in [5, 5.41) is 33.3. The first-order chi connectivity index (χ1) is 10.3. The van der Waals surface area contributed by atoms with Crippen LogP contribution in [0.4, 0.5) is 17.1 Å². The van der Waals surface area contributed by atoms with Crippen molar-refractivity contribution in [2.45, 2.75) is 0 Å². The second-order valence-electron chi connectivity index (χ2n) is 5.11. The van der Waals surface area contributed by atoms with Crippen molar-refractivity contribution in [3.05, 3.63) is 37.9 Å². The highest BCUT2D eigenvalue weighted by molar-refractivity contribution is 5.97. The predicted octanol–water partition coefficient (Wildman–Crippen LogP) is -1.80. The van der Waals surface area contributed by atoms with Crippen LogP contribution >= 0.6 is 0 Å². The number of piperazine rings is 1. The number of anilines is 1. The van der Waals surface area contributed by atoms with E-state index in [0.717, 1.165) is 12.1 Å². The van der Waals surface area contributed by atoms with Crippen molar-refractivity contribution in [2.24, 2.45) is 0 Å². The number of nitrogens with one attached hydrogen (secondary N) is 1. The van der Waals surface area contributed by atoms with Crippen molar-refractivity contribution >= 4 is 23.0 Å². The quantitative estimate of drug-likeness (QED) is 0.512. The van der Waals surface area contributed by atoms with Crippen molar-refractivity contribution in [3.63, 3.8) is 0 Å². The van der Waals surface area contributed by atoms with Gasteiger partial charge in [-0.05, 0) is 0 Å². The number of aromatic carboxylic acids is 1. The van der Waals surface area contributed by atoms with Gasteiger partial charge in [-0.15, -0.1) is 0 Å². The number of carboxylic acid groups (broad SMARTS) is 1. The van der Waals surface area contributed by atoms with Gasteiger partial charge >= 0.3 is 0 Å². The van der Waals surface area contributed by atoms with Gasteiger partial charge in [0.1, 0.15) is 5.69 Å². The highest BCUT2D eigenvalue weighted by Gasteiger charge is 2.30. The van der Waals surface area contributed by atoms with Crippen molar-refractivity contribution in [1.29, 1.82) is 0 Å². The minimum Gasteiger partial charge on any atom is -0.545 e. The van der Waals surface area contributed by atoms with E-state index in [9.17, 15) is 30.1 Å². The van der Waals surface area contributed by atoms with E-state index in [4.69, 9.17) is 0 Å². The van der Waals surface area contributed by atoms with Crippen LogP contribution in [0, 0.1) is 20.2 Å². The second-order valence-corrected chi connectivity index (χ2v) is 5.11. The van der Waals surface area contributed by atoms with Gasteiger partial charge in [-0.3, -0.25) is 20.2 Å². The third kappa shape index (κ3) is 2.96. The van der Waals surface area contributed by atoms with Gasteiger partial charge in [-0.2, -0.15) is 0 Å². The van der Waals surface area contributed by atoms with Crippen molar-refractivity contribution in [2.75, 3.05) is 38.1 Å². The van der Waals surface area contributed by atoms with E-state index in [2.05, 4.69) is 0 Å². The number of carbonyl (C=O) groups is 1. The molecule has 0 aliphatic carbocycles. The monoisotopic (exact) mass is 310 g/mol. The predicted molar refractivity (Wildman–Crippen MR) is 72.9 cm³/mol. The number of carboxylic acids is 1. The van der Waals surface area contributed by atoms with E-state index >= 15 is 0 Å². The third-order valence-corrected chi connectivity index (χ3v) is 3.64. The molecule has 0 atom stereocenters. The number of carbonyl (C=O) groups excluding carboxylic acids is 1. The number of hydrogen-bond acceptors (Lipinski definition) is 7. The Kier molecular flexibility index (Phi) is 4.22. The number of likely N-dealkylation sites (N-methyl/N-ethyl adjacent to an activating group) is 1. The van der Waals surface area contributed by atoms with Crippen LogP contribution in [0.1, 0.15) is 10.4 Å². The van der Waals surface area contributed by atoms with Gasteiger partial charge in [0.15, 0.2) is 0 Å². The third-order valence-electron chi connectivity index (χ3n) is 3.64. The fourth-order valence-electron chi connectivity index (χ4n) is 2.45. The molecule has 22 heavy (non-hydrogen) atoms. The summed E-state index contributed by atoms with van der Waals surface area (Å²) in [4.78, 5) is 34.5. The minimum atomic E-state index is -1.67. The van der Waals surface area contributed by atoms with Gasteiger partial charge in [0, 0.05) is 11.6 Å². The first kappa shape index (κ1) is 15.6. The Morgan fingerprint density at radius 1 is 1.18 bits per heavy atom. The number of nitrogens with zero attached hydrogens (tertiary/aromatic N) is 3. The standard InChI is InChI=1S/C12H14N4O6/c1-13-2-4-14(5-3-13)11-9(12(17)18)6-8(15(19)20)7-10(11)16(21)22/h6-7H,2-5H2,1H3,(H,17,18). The number of benzene rings is 1. The number of nitro groups is 2. The first-order valence-corrected chi connectivity index (χ1v) is 6.55. The van der Waals surface area contributed by atoms with E-state index < -0.39 is 32.8 Å². The Bertz CT molecular complexity index is 603. The summed E-state index contributed by atoms with van der Waals surface area (Å²) < 4.78 is 0. The van der Waals surface area contributed by atoms with Gasteiger partial charge in [0.05, 0.1) is 55.1 Å². The van der Waals surface area contributed by atoms with Crippen molar-refractivity contribution in [1.82, 2.24) is 0 Å². The maximum absolute atomic E-state index is 11.3. The molecule has 1 fully saturated rings. The summed E-state index contributed by atoms with van der Waals surface area (Å²) in [6.07, 6.45) is 0. The highest BCUT2D eigenvalue weighted by Crippen LogP contribution is 2.36. The lowest BCUT2D eigenvalue weighted by atomic mass is 10.1. The van der Waals surface area contributed by atoms with Gasteiger partial charge in [-0.25, -0.2) is 0 Å². The molecule has 0 amide bonds. The zero-order chi connectivity index (χ0) is 16.4. The Balaban J connectivity index is 2.61. The molecule has 1 N–H and O–H groups in total. The molecule has 118 valence electrons. The van der Waals surface area contributed by atoms with Crippen LogP contribution in [0.15, 0.2) is 12.1 Å². The summed E-state index contributed by atoms with van der Waals surface area (Å²) in [5.74, 6) is -1.67. The first-order valence-electron chi connectivity index (χ1n) is 6.55. The molecule has 0 saturated carbocycles. The maximum Gasteiger partial charge on any atom is 0.300 e. The topological polar surface area (TPSA) is 134 Å². The summed E-state index contributed by atoms with van der Waals surface area (Å²) in [5.41, 5.74) is -1.88. The van der Waals surface area contributed by atoms with Crippen molar-refractivity contribution in [3.8, 4) is 0 Å². The number of quaternary nitrogens is 1. The minimum absolute atomic E-state index is 0.122. The van der Waals surface area contributed by atoms with E-state index in [0.29, 0.717) is 26.2 Å². The molecule has 0 radical (unpaired) electrons. The summed E-state index contributed by atoms with van der Waals surface area (Å²) in [6.45, 7) is 2.21. The van der Waals surface area contributed by atoms with Crippen LogP contribution in [0.3, 0.4) is 0 Å². The van der Waals surface area contributed by atoms with Crippen molar-refractivity contribution < 1.29 is 24.6 Å². The molecular formula is C12H14N4O6. The maximum atomic E-state index is 11.3. The highest BCUT2D eigenvalue weighted by atomic mass is 16.6. The largest absolute Gasteiger partial charge is 0.545 e. The lowest BCUT2D eigenvalue weighted by Gasteiger charge is -2.32. The average Bonchev–Trinajstić information content (AvgIpc) is 2.46. The van der Waals surface area contributed by atoms with E-state index in [-0.39, 0.29) is 5.69 Å². The molecule has 0 aromatic heterocycles. The Labute approximate surface area is 124 Å². The molecule has 1 aliphatic rings. The molecule has 2 rings (SSSR count). The number of nitro benzene ring substituents is 2.